The molecule has 0 amide bonds. The zero-order valence-corrected chi connectivity index (χ0v) is 7.62. The van der Waals surface area contributed by atoms with Gasteiger partial charge in [0, 0.05) is 19.6 Å². The Morgan fingerprint density at radius 1 is 1.42 bits per heavy atom. The molecule has 0 aliphatic carbocycles. The minimum Gasteiger partial charge on any atom is -0.394 e. The summed E-state index contributed by atoms with van der Waals surface area (Å²) in [5.41, 5.74) is 4.58. The number of hydrogen-bond donors (Lipinski definition) is 3. The van der Waals surface area contributed by atoms with Crippen LogP contribution < -0.4 is 5.73 Å². The third kappa shape index (κ3) is 4.66. The fourth-order valence-corrected chi connectivity index (χ4v) is 0.852. The molecule has 0 saturated heterocycles. The smallest absolute Gasteiger partial charge is 0.0788 e. The highest BCUT2D eigenvalue weighted by Crippen LogP contribution is 2.12. The first kappa shape index (κ1) is 11.8. The third-order valence-electron chi connectivity index (χ3n) is 1.99. The Labute approximate surface area is 73.3 Å². The second-order valence-corrected chi connectivity index (χ2v) is 2.87. The molecule has 0 radical (unpaired) electrons. The monoisotopic (exact) mass is 177 g/mol. The fraction of sp³-hybridized carbons (Fsp3) is 1.00. The van der Waals surface area contributed by atoms with Gasteiger partial charge in [0.25, 0.3) is 0 Å². The second-order valence-electron chi connectivity index (χ2n) is 2.87. The molecular weight excluding hydrogens is 158 g/mol. The van der Waals surface area contributed by atoms with Crippen molar-refractivity contribution in [3.63, 3.8) is 0 Å². The van der Waals surface area contributed by atoms with Crippen molar-refractivity contribution in [2.75, 3.05) is 26.4 Å². The maximum atomic E-state index is 9.66. The maximum absolute atomic E-state index is 9.66. The average Bonchev–Trinajstić information content (AvgIpc) is 2.12. The molecule has 0 fully saturated rings. The highest BCUT2D eigenvalue weighted by molar-refractivity contribution is 4.76. The van der Waals surface area contributed by atoms with Crippen molar-refractivity contribution >= 4 is 0 Å². The van der Waals surface area contributed by atoms with Gasteiger partial charge in [0.15, 0.2) is 0 Å². The highest BCUT2D eigenvalue weighted by Gasteiger charge is 2.21. The van der Waals surface area contributed by atoms with E-state index in [1.54, 1.807) is 0 Å². The fourth-order valence-electron chi connectivity index (χ4n) is 0.852. The normalized spacial score (nSPS) is 16.0. The van der Waals surface area contributed by atoms with Crippen LogP contribution in [0.1, 0.15) is 19.8 Å². The zero-order valence-electron chi connectivity index (χ0n) is 7.62. The van der Waals surface area contributed by atoms with Crippen molar-refractivity contribution in [2.45, 2.75) is 25.4 Å². The largest absolute Gasteiger partial charge is 0.394 e. The van der Waals surface area contributed by atoms with Crippen LogP contribution in [0.15, 0.2) is 0 Å². The summed E-state index contributed by atoms with van der Waals surface area (Å²) in [6, 6.07) is 0. The van der Waals surface area contributed by atoms with E-state index in [0.29, 0.717) is 26.1 Å². The summed E-state index contributed by atoms with van der Waals surface area (Å²) in [6.45, 7) is 2.94. The molecule has 0 rings (SSSR count). The van der Waals surface area contributed by atoms with Crippen LogP contribution in [0.5, 0.6) is 0 Å². The molecule has 0 saturated carbocycles. The molecule has 0 aromatic rings. The first-order valence-corrected chi connectivity index (χ1v) is 4.29. The molecule has 74 valence electrons. The van der Waals surface area contributed by atoms with Gasteiger partial charge in [0.1, 0.15) is 0 Å². The van der Waals surface area contributed by atoms with E-state index < -0.39 is 5.60 Å². The van der Waals surface area contributed by atoms with Crippen molar-refractivity contribution in [3.8, 4) is 0 Å². The Hall–Kier alpha value is -0.160. The molecular formula is C8H19NO3. The van der Waals surface area contributed by atoms with E-state index in [0.717, 1.165) is 0 Å². The Morgan fingerprint density at radius 2 is 2.08 bits per heavy atom. The lowest BCUT2D eigenvalue weighted by Gasteiger charge is -2.24. The molecule has 1 unspecified atom stereocenters. The van der Waals surface area contributed by atoms with E-state index in [-0.39, 0.29) is 13.2 Å². The average molecular weight is 177 g/mol. The van der Waals surface area contributed by atoms with E-state index in [1.165, 1.54) is 0 Å². The first-order chi connectivity index (χ1) is 5.68. The lowest BCUT2D eigenvalue weighted by atomic mass is 9.97. The maximum Gasteiger partial charge on any atom is 0.0788 e. The predicted molar refractivity (Wildman–Crippen MR) is 46.8 cm³/mol. The van der Waals surface area contributed by atoms with Crippen LogP contribution in [-0.4, -0.2) is 42.2 Å². The molecule has 0 bridgehead atoms. The van der Waals surface area contributed by atoms with Crippen LogP contribution in [0.2, 0.25) is 0 Å². The van der Waals surface area contributed by atoms with E-state index in [4.69, 9.17) is 15.6 Å². The Morgan fingerprint density at radius 3 is 2.50 bits per heavy atom. The molecule has 0 aliphatic rings. The number of ether oxygens (including phenoxy) is 1. The molecule has 0 aromatic carbocycles. The number of aliphatic hydroxyl groups excluding tert-OH is 1. The van der Waals surface area contributed by atoms with Gasteiger partial charge in [-0.05, 0) is 6.42 Å². The van der Waals surface area contributed by atoms with Gasteiger partial charge in [-0.15, -0.1) is 0 Å². The molecule has 4 N–H and O–H groups in total. The second kappa shape index (κ2) is 6.37. The molecule has 0 spiro atoms. The van der Waals surface area contributed by atoms with Gasteiger partial charge in [-0.1, -0.05) is 6.92 Å². The quantitative estimate of drug-likeness (QED) is 0.458. The topological polar surface area (TPSA) is 75.7 Å². The van der Waals surface area contributed by atoms with Gasteiger partial charge in [0.05, 0.1) is 18.8 Å². The van der Waals surface area contributed by atoms with Crippen molar-refractivity contribution in [3.05, 3.63) is 0 Å². The predicted octanol–water partition coefficient (Wildman–Crippen LogP) is -0.515. The summed E-state index contributed by atoms with van der Waals surface area (Å²) >= 11 is 0. The summed E-state index contributed by atoms with van der Waals surface area (Å²) in [6.07, 6.45) is 1.16. The van der Waals surface area contributed by atoms with E-state index >= 15 is 0 Å². The summed E-state index contributed by atoms with van der Waals surface area (Å²) in [4.78, 5) is 0. The Bertz CT molecular complexity index is 104. The van der Waals surface area contributed by atoms with E-state index in [1.807, 2.05) is 6.92 Å². The van der Waals surface area contributed by atoms with Crippen LogP contribution >= 0.6 is 0 Å². The van der Waals surface area contributed by atoms with Gasteiger partial charge in [-0.2, -0.15) is 0 Å². The standard InChI is InChI=1S/C8H19NO3/c1-2-8(11,7-9)3-5-12-6-4-10/h10-11H,2-7,9H2,1H3. The van der Waals surface area contributed by atoms with Crippen molar-refractivity contribution in [2.24, 2.45) is 5.73 Å². The van der Waals surface area contributed by atoms with Crippen molar-refractivity contribution in [1.82, 2.24) is 0 Å². The van der Waals surface area contributed by atoms with Crippen LogP contribution in [0.3, 0.4) is 0 Å². The lowest BCUT2D eigenvalue weighted by molar-refractivity contribution is -0.00187. The van der Waals surface area contributed by atoms with Crippen LogP contribution in [0.4, 0.5) is 0 Å². The van der Waals surface area contributed by atoms with Gasteiger partial charge >= 0.3 is 0 Å². The number of nitrogens with two attached hydrogens (primary N) is 1. The van der Waals surface area contributed by atoms with Gasteiger partial charge in [0.2, 0.25) is 0 Å². The Kier molecular flexibility index (Phi) is 6.28. The van der Waals surface area contributed by atoms with E-state index in [2.05, 4.69) is 0 Å². The summed E-state index contributed by atoms with van der Waals surface area (Å²) < 4.78 is 5.02. The van der Waals surface area contributed by atoms with Crippen LogP contribution in [-0.2, 0) is 4.74 Å². The number of aliphatic hydroxyl groups is 2. The SMILES string of the molecule is CCC(O)(CN)CCOCCO. The lowest BCUT2D eigenvalue weighted by Crippen LogP contribution is -2.38. The van der Waals surface area contributed by atoms with Crippen molar-refractivity contribution in [1.29, 1.82) is 0 Å². The van der Waals surface area contributed by atoms with Crippen LogP contribution in [0, 0.1) is 0 Å². The van der Waals surface area contributed by atoms with Crippen LogP contribution in [0.25, 0.3) is 0 Å². The van der Waals surface area contributed by atoms with E-state index in [9.17, 15) is 5.11 Å². The minimum absolute atomic E-state index is 0.0210. The number of rotatable bonds is 7. The van der Waals surface area contributed by atoms with Gasteiger partial charge in [-0.25, -0.2) is 0 Å². The molecule has 12 heavy (non-hydrogen) atoms. The zero-order chi connectivity index (χ0) is 9.45. The number of hydrogen-bond acceptors (Lipinski definition) is 4. The summed E-state index contributed by atoms with van der Waals surface area (Å²) in [5.74, 6) is 0. The molecule has 4 heteroatoms. The van der Waals surface area contributed by atoms with Crippen molar-refractivity contribution < 1.29 is 14.9 Å². The third-order valence-corrected chi connectivity index (χ3v) is 1.99. The molecule has 4 nitrogen and oxygen atoms in total. The molecule has 0 heterocycles. The minimum atomic E-state index is -0.796. The summed E-state index contributed by atoms with van der Waals surface area (Å²) in [7, 11) is 0. The molecule has 0 aromatic heterocycles. The Balaban J connectivity index is 3.45. The highest BCUT2D eigenvalue weighted by atomic mass is 16.5. The summed E-state index contributed by atoms with van der Waals surface area (Å²) in [5, 5.41) is 18.1. The van der Waals surface area contributed by atoms with Gasteiger partial charge < -0.3 is 20.7 Å². The molecule has 0 aliphatic heterocycles. The first-order valence-electron chi connectivity index (χ1n) is 4.29. The van der Waals surface area contributed by atoms with Gasteiger partial charge in [-0.3, -0.25) is 0 Å². The molecule has 1 atom stereocenters.